The predicted octanol–water partition coefficient (Wildman–Crippen LogP) is 2.63. The molecule has 2 aromatic heterocycles. The van der Waals surface area contributed by atoms with Crippen LogP contribution in [0.4, 0.5) is 11.4 Å². The van der Waals surface area contributed by atoms with Crippen molar-refractivity contribution in [3.63, 3.8) is 0 Å². The van der Waals surface area contributed by atoms with Gasteiger partial charge in [0.15, 0.2) is 5.78 Å². The van der Waals surface area contributed by atoms with Crippen LogP contribution in [0.25, 0.3) is 10.9 Å². The van der Waals surface area contributed by atoms with E-state index < -0.39 is 0 Å². The summed E-state index contributed by atoms with van der Waals surface area (Å²) in [6.07, 6.45) is 5.97. The molecule has 0 saturated carbocycles. The quantitative estimate of drug-likeness (QED) is 0.631. The fraction of sp³-hybridized carbons (Fsp3) is 0.304. The van der Waals surface area contributed by atoms with Crippen molar-refractivity contribution < 1.29 is 4.79 Å². The second kappa shape index (κ2) is 8.47. The van der Waals surface area contributed by atoms with E-state index in [0.717, 1.165) is 48.1 Å². The number of nitrogens with zero attached hydrogens (tertiary/aromatic N) is 4. The van der Waals surface area contributed by atoms with Gasteiger partial charge in [-0.2, -0.15) is 5.26 Å². The predicted molar refractivity (Wildman–Crippen MR) is 117 cm³/mol. The van der Waals surface area contributed by atoms with Crippen molar-refractivity contribution in [2.24, 2.45) is 5.73 Å². The summed E-state index contributed by atoms with van der Waals surface area (Å²) in [5, 5.41) is 9.77. The zero-order valence-corrected chi connectivity index (χ0v) is 16.7. The summed E-state index contributed by atoms with van der Waals surface area (Å²) in [6.45, 7) is 1.68. The van der Waals surface area contributed by atoms with Gasteiger partial charge in [-0.25, -0.2) is 4.98 Å². The van der Waals surface area contributed by atoms with Gasteiger partial charge in [-0.15, -0.1) is 0 Å². The van der Waals surface area contributed by atoms with Crippen molar-refractivity contribution in [1.82, 2.24) is 9.97 Å². The second-order valence-corrected chi connectivity index (χ2v) is 7.74. The maximum Gasteiger partial charge on any atom is 0.187 e. The number of hydrogen-bond donors (Lipinski definition) is 2. The minimum atomic E-state index is -0.157. The third-order valence-electron chi connectivity index (χ3n) is 5.49. The van der Waals surface area contributed by atoms with E-state index in [1.165, 1.54) is 0 Å². The lowest BCUT2D eigenvalue weighted by Crippen LogP contribution is -2.43. The molecule has 0 unspecified atom stereocenters. The fourth-order valence-electron chi connectivity index (χ4n) is 4.00. The molecule has 1 aliphatic rings. The molecular formula is C23H24N6O. The Morgan fingerprint density at radius 1 is 1.30 bits per heavy atom. The average molecular weight is 400 g/mol. The lowest BCUT2D eigenvalue weighted by Gasteiger charge is -2.33. The number of nitrogens with two attached hydrogens (primary N) is 2. The van der Waals surface area contributed by atoms with E-state index >= 15 is 0 Å². The maximum atomic E-state index is 13.1. The van der Waals surface area contributed by atoms with Crippen LogP contribution in [0.1, 0.15) is 34.5 Å². The zero-order valence-electron chi connectivity index (χ0n) is 16.7. The van der Waals surface area contributed by atoms with Gasteiger partial charge in [-0.3, -0.25) is 9.78 Å². The summed E-state index contributed by atoms with van der Waals surface area (Å²) in [4.78, 5) is 24.1. The number of Topliss-reactive ketones (excluding diaryl/α,β-unsaturated/α-hetero) is 1. The molecular weight excluding hydrogens is 376 g/mol. The molecule has 7 heteroatoms. The highest BCUT2D eigenvalue weighted by Crippen LogP contribution is 2.26. The monoisotopic (exact) mass is 400 g/mol. The number of nitrogen functional groups attached to an aromatic ring is 1. The smallest absolute Gasteiger partial charge is 0.187 e. The largest absolute Gasteiger partial charge is 0.397 e. The van der Waals surface area contributed by atoms with Crippen molar-refractivity contribution in [2.45, 2.75) is 31.7 Å². The minimum Gasteiger partial charge on any atom is -0.397 e. The van der Waals surface area contributed by atoms with Crippen molar-refractivity contribution in [1.29, 1.82) is 5.26 Å². The molecule has 3 aromatic rings. The van der Waals surface area contributed by atoms with E-state index in [4.69, 9.17) is 16.7 Å². The first-order valence-electron chi connectivity index (χ1n) is 10.1. The Hall–Kier alpha value is -3.50. The molecule has 1 saturated heterocycles. The highest BCUT2D eigenvalue weighted by atomic mass is 16.1. The topological polar surface area (TPSA) is 122 Å². The number of hydrogen-bond acceptors (Lipinski definition) is 7. The molecule has 152 valence electrons. The highest BCUT2D eigenvalue weighted by molar-refractivity contribution is 6.03. The molecule has 1 fully saturated rings. The highest BCUT2D eigenvalue weighted by Gasteiger charge is 2.21. The summed E-state index contributed by atoms with van der Waals surface area (Å²) < 4.78 is 0. The maximum absolute atomic E-state index is 13.1. The number of carbonyl (C=O) groups is 1. The lowest BCUT2D eigenvalue weighted by molar-refractivity contribution is 0.0989. The summed E-state index contributed by atoms with van der Waals surface area (Å²) in [7, 11) is 0. The van der Waals surface area contributed by atoms with Crippen LogP contribution < -0.4 is 16.4 Å². The van der Waals surface area contributed by atoms with Crippen LogP contribution in [0.2, 0.25) is 0 Å². The number of ketones is 1. The Kier molecular flexibility index (Phi) is 5.59. The van der Waals surface area contributed by atoms with Gasteiger partial charge in [-0.1, -0.05) is 12.1 Å². The molecule has 0 bridgehead atoms. The first-order valence-corrected chi connectivity index (χ1v) is 10.1. The first kappa shape index (κ1) is 19.8. The van der Waals surface area contributed by atoms with E-state index in [1.54, 1.807) is 18.5 Å². The van der Waals surface area contributed by atoms with Gasteiger partial charge in [0, 0.05) is 54.6 Å². The number of nitriles is 1. The van der Waals surface area contributed by atoms with E-state index in [0.29, 0.717) is 17.6 Å². The van der Waals surface area contributed by atoms with Crippen molar-refractivity contribution in [3.8, 4) is 6.07 Å². The number of aromatic nitrogens is 2. The Morgan fingerprint density at radius 3 is 2.97 bits per heavy atom. The van der Waals surface area contributed by atoms with Gasteiger partial charge >= 0.3 is 0 Å². The van der Waals surface area contributed by atoms with Crippen LogP contribution in [0.3, 0.4) is 0 Å². The van der Waals surface area contributed by atoms with Crippen molar-refractivity contribution in [3.05, 3.63) is 59.5 Å². The molecule has 1 aromatic carbocycles. The number of rotatable bonds is 5. The summed E-state index contributed by atoms with van der Waals surface area (Å²) in [5.41, 5.74) is 16.3. The third-order valence-corrected chi connectivity index (χ3v) is 5.49. The fourth-order valence-corrected chi connectivity index (χ4v) is 4.00. The van der Waals surface area contributed by atoms with E-state index in [2.05, 4.69) is 20.9 Å². The standard InChI is InChI=1S/C23H24N6O/c24-7-5-15-3-4-16-11-19(26)23(28-20(16)10-15)22(30)12-17-13-27-8-6-21(17)29-9-1-2-18(25)14-29/h3-4,6,8,10-11,13,18H,1-2,5,9,12,14,25-26H2/t18-/m0/s1. The molecule has 7 nitrogen and oxygen atoms in total. The molecule has 0 radical (unpaired) electrons. The molecule has 0 amide bonds. The van der Waals surface area contributed by atoms with Crippen LogP contribution in [-0.2, 0) is 12.8 Å². The van der Waals surface area contributed by atoms with Crippen molar-refractivity contribution in [2.75, 3.05) is 23.7 Å². The Morgan fingerprint density at radius 2 is 2.17 bits per heavy atom. The molecule has 0 spiro atoms. The van der Waals surface area contributed by atoms with Crippen LogP contribution in [0.5, 0.6) is 0 Å². The van der Waals surface area contributed by atoms with Gasteiger partial charge in [0.25, 0.3) is 0 Å². The Labute approximate surface area is 175 Å². The number of anilines is 2. The van der Waals surface area contributed by atoms with Crippen molar-refractivity contribution >= 4 is 28.1 Å². The molecule has 0 aliphatic carbocycles. The van der Waals surface area contributed by atoms with Crippen LogP contribution in [0.15, 0.2) is 42.7 Å². The number of pyridine rings is 2. The Balaban J connectivity index is 1.63. The summed E-state index contributed by atoms with van der Waals surface area (Å²) in [6, 6.07) is 11.5. The van der Waals surface area contributed by atoms with Gasteiger partial charge in [0.1, 0.15) is 5.69 Å². The zero-order chi connectivity index (χ0) is 21.1. The van der Waals surface area contributed by atoms with E-state index in [9.17, 15) is 4.79 Å². The normalized spacial score (nSPS) is 16.4. The van der Waals surface area contributed by atoms with Crippen LogP contribution >= 0.6 is 0 Å². The summed E-state index contributed by atoms with van der Waals surface area (Å²) >= 11 is 0. The van der Waals surface area contributed by atoms with Crippen LogP contribution in [-0.4, -0.2) is 34.9 Å². The summed E-state index contributed by atoms with van der Waals surface area (Å²) in [5.74, 6) is -0.157. The second-order valence-electron chi connectivity index (χ2n) is 7.74. The number of piperidine rings is 1. The molecule has 3 heterocycles. The number of fused-ring (bicyclic) bond motifs is 1. The third kappa shape index (κ3) is 4.09. The SMILES string of the molecule is N#CCc1ccc2cc(N)c(C(=O)Cc3cnccc3N3CCC[C@H](N)C3)nc2c1. The van der Waals surface area contributed by atoms with Gasteiger partial charge in [0.2, 0.25) is 0 Å². The van der Waals surface area contributed by atoms with Gasteiger partial charge in [-0.05, 0) is 36.6 Å². The van der Waals surface area contributed by atoms with E-state index in [-0.39, 0.29) is 23.9 Å². The van der Waals surface area contributed by atoms with E-state index in [1.807, 2.05) is 24.3 Å². The van der Waals surface area contributed by atoms with Crippen LogP contribution in [0, 0.1) is 11.3 Å². The van der Waals surface area contributed by atoms with Gasteiger partial charge < -0.3 is 16.4 Å². The lowest BCUT2D eigenvalue weighted by atomic mass is 10.0. The Bertz CT molecular complexity index is 1140. The first-order chi connectivity index (χ1) is 14.5. The van der Waals surface area contributed by atoms with Gasteiger partial charge in [0.05, 0.1) is 23.7 Å². The molecule has 4 N–H and O–H groups in total. The molecule has 1 atom stereocenters. The average Bonchev–Trinajstić information content (AvgIpc) is 2.74. The molecule has 4 rings (SSSR count). The molecule has 1 aliphatic heterocycles. The minimum absolute atomic E-state index is 0.135. The molecule has 30 heavy (non-hydrogen) atoms. The number of carbonyl (C=O) groups excluding carboxylic acids is 1. The number of benzene rings is 1.